The molecule has 2 aliphatic rings. The first-order chi connectivity index (χ1) is 16.3. The summed E-state index contributed by atoms with van der Waals surface area (Å²) < 4.78 is 0. The second-order valence-corrected chi connectivity index (χ2v) is 10.1. The van der Waals surface area contributed by atoms with Gasteiger partial charge in [-0.2, -0.15) is 11.8 Å². The van der Waals surface area contributed by atoms with E-state index in [2.05, 4.69) is 36.7 Å². The van der Waals surface area contributed by atoms with E-state index in [1.54, 1.807) is 0 Å². The highest BCUT2D eigenvalue weighted by Gasteiger charge is 2.35. The van der Waals surface area contributed by atoms with Crippen LogP contribution in [-0.2, 0) is 14.6 Å². The number of rotatable bonds is 11. The standard InChI is InChI=1S/C12H25NO3.C6H8N2S.C5H8N2OS/c1-4-5-6-12(14)13-8-10-16-15-9-7-11(2)3;7-5-1-3-6(9-8)4-2-5;8-5-6-3-1-9-2-4(3)7-5/h11H,4-10H2,1-3H3,(H,13,14);1-4H,7-8H2;3-4H,1-2H2,(H2,6,7,8)/t;;3-,4+. The number of hydrogen-bond acceptors (Lipinski definition) is 8. The molecule has 1 aromatic carbocycles. The molecule has 7 N–H and O–H groups in total. The fourth-order valence-electron chi connectivity index (χ4n) is 2.82. The first-order valence-corrected chi connectivity index (χ1v) is 13.8. The van der Waals surface area contributed by atoms with E-state index in [0.717, 1.165) is 41.4 Å². The number of urea groups is 1. The molecule has 0 radical (unpaired) electrons. The van der Waals surface area contributed by atoms with Crippen molar-refractivity contribution in [1.82, 2.24) is 16.0 Å². The van der Waals surface area contributed by atoms with E-state index >= 15 is 0 Å². The van der Waals surface area contributed by atoms with Crippen LogP contribution in [0, 0.1) is 5.92 Å². The molecule has 2 heterocycles. The lowest BCUT2D eigenvalue weighted by Gasteiger charge is -2.07. The van der Waals surface area contributed by atoms with Gasteiger partial charge in [-0.3, -0.25) is 9.93 Å². The van der Waals surface area contributed by atoms with Crippen molar-refractivity contribution in [2.24, 2.45) is 11.1 Å². The third-order valence-corrected chi connectivity index (χ3v) is 6.59. The molecule has 0 aliphatic carbocycles. The average Bonchev–Trinajstić information content (AvgIpc) is 3.39. The summed E-state index contributed by atoms with van der Waals surface area (Å²) in [5, 5.41) is 13.7. The van der Waals surface area contributed by atoms with Crippen molar-refractivity contribution in [3.8, 4) is 0 Å². The molecule has 2 atom stereocenters. The van der Waals surface area contributed by atoms with Gasteiger partial charge in [-0.25, -0.2) is 14.6 Å². The van der Waals surface area contributed by atoms with Crippen molar-refractivity contribution in [2.45, 2.75) is 63.4 Å². The largest absolute Gasteiger partial charge is 0.399 e. The van der Waals surface area contributed by atoms with E-state index in [-0.39, 0.29) is 11.9 Å². The van der Waals surface area contributed by atoms with Gasteiger partial charge in [-0.15, -0.1) is 0 Å². The molecule has 34 heavy (non-hydrogen) atoms. The van der Waals surface area contributed by atoms with Gasteiger partial charge in [-0.05, 0) is 55.0 Å². The maximum Gasteiger partial charge on any atom is 0.315 e. The molecular weight excluding hydrogens is 474 g/mol. The maximum atomic E-state index is 11.2. The number of unbranched alkanes of at least 4 members (excludes halogenated alkanes) is 1. The third kappa shape index (κ3) is 14.6. The van der Waals surface area contributed by atoms with Crippen LogP contribution in [0.2, 0.25) is 0 Å². The maximum absolute atomic E-state index is 11.2. The molecule has 2 saturated heterocycles. The van der Waals surface area contributed by atoms with Gasteiger partial charge < -0.3 is 21.7 Å². The van der Waals surface area contributed by atoms with Crippen molar-refractivity contribution < 1.29 is 19.4 Å². The van der Waals surface area contributed by atoms with Crippen molar-refractivity contribution in [1.29, 1.82) is 0 Å². The second kappa shape index (κ2) is 18.6. The smallest absolute Gasteiger partial charge is 0.315 e. The van der Waals surface area contributed by atoms with Crippen molar-refractivity contribution in [2.75, 3.05) is 37.0 Å². The van der Waals surface area contributed by atoms with E-state index in [9.17, 15) is 9.59 Å². The Hall–Kier alpha value is -1.66. The first kappa shape index (κ1) is 30.4. The summed E-state index contributed by atoms with van der Waals surface area (Å²) >= 11 is 3.11. The van der Waals surface area contributed by atoms with E-state index in [4.69, 9.17) is 20.6 Å². The van der Waals surface area contributed by atoms with E-state index in [0.29, 0.717) is 44.2 Å². The Labute approximate surface area is 212 Å². The van der Waals surface area contributed by atoms with Crippen LogP contribution in [0.25, 0.3) is 0 Å². The molecule has 11 heteroatoms. The van der Waals surface area contributed by atoms with Crippen LogP contribution < -0.4 is 26.8 Å². The van der Waals surface area contributed by atoms with E-state index in [1.165, 1.54) is 11.9 Å². The van der Waals surface area contributed by atoms with Gasteiger partial charge in [0.15, 0.2) is 0 Å². The summed E-state index contributed by atoms with van der Waals surface area (Å²) in [5.41, 5.74) is 6.20. The number of nitrogens with one attached hydrogen (secondary N) is 3. The molecule has 0 unspecified atom stereocenters. The number of anilines is 1. The quantitative estimate of drug-likeness (QED) is 0.0755. The normalized spacial score (nSPS) is 18.1. The molecule has 2 aliphatic heterocycles. The third-order valence-electron chi connectivity index (χ3n) is 4.86. The van der Waals surface area contributed by atoms with Crippen LogP contribution in [0.3, 0.4) is 0 Å². The predicted octanol–water partition coefficient (Wildman–Crippen LogP) is 3.30. The number of nitrogens with two attached hydrogens (primary N) is 2. The number of thioether (sulfide) groups is 1. The monoisotopic (exact) mass is 515 g/mol. The number of benzene rings is 1. The summed E-state index contributed by atoms with van der Waals surface area (Å²) in [6.45, 7) is 7.88. The van der Waals surface area contributed by atoms with Crippen LogP contribution in [0.4, 0.5) is 10.5 Å². The fourth-order valence-corrected chi connectivity index (χ4v) is 4.39. The molecule has 2 fully saturated rings. The van der Waals surface area contributed by atoms with Crippen molar-refractivity contribution >= 4 is 41.3 Å². The number of fused-ring (bicyclic) bond motifs is 1. The van der Waals surface area contributed by atoms with Gasteiger partial charge in [0.05, 0.1) is 25.3 Å². The van der Waals surface area contributed by atoms with Crippen LogP contribution in [0.1, 0.15) is 46.5 Å². The fraction of sp³-hybridized carbons (Fsp3) is 0.652. The molecule has 0 aromatic heterocycles. The van der Waals surface area contributed by atoms with Crippen molar-refractivity contribution in [3.05, 3.63) is 24.3 Å². The Balaban J connectivity index is 0.000000271. The Morgan fingerprint density at radius 3 is 2.35 bits per heavy atom. The summed E-state index contributed by atoms with van der Waals surface area (Å²) in [4.78, 5) is 32.7. The lowest BCUT2D eigenvalue weighted by Crippen LogP contribution is -2.31. The minimum absolute atomic E-state index is 0.00491. The summed E-state index contributed by atoms with van der Waals surface area (Å²) in [5.74, 6) is 2.86. The van der Waals surface area contributed by atoms with Gasteiger partial charge in [0.2, 0.25) is 5.91 Å². The molecule has 0 bridgehead atoms. The Morgan fingerprint density at radius 1 is 1.18 bits per heavy atom. The number of amides is 3. The van der Waals surface area contributed by atoms with Crippen molar-refractivity contribution in [3.63, 3.8) is 0 Å². The predicted molar refractivity (Wildman–Crippen MR) is 141 cm³/mol. The van der Waals surface area contributed by atoms with Crippen LogP contribution in [0.15, 0.2) is 29.2 Å². The summed E-state index contributed by atoms with van der Waals surface area (Å²) in [6, 6.07) is 8.25. The zero-order chi connectivity index (χ0) is 25.2. The second-order valence-electron chi connectivity index (χ2n) is 8.34. The van der Waals surface area contributed by atoms with E-state index in [1.807, 2.05) is 36.0 Å². The van der Waals surface area contributed by atoms with Gasteiger partial charge in [0, 0.05) is 35.1 Å². The minimum Gasteiger partial charge on any atom is -0.399 e. The molecular formula is C23H41N5O4S2. The Bertz CT molecular complexity index is 680. The van der Waals surface area contributed by atoms with Gasteiger partial charge in [-0.1, -0.05) is 27.2 Å². The zero-order valence-electron chi connectivity index (χ0n) is 20.5. The number of nitrogen functional groups attached to an aromatic ring is 1. The Morgan fingerprint density at radius 2 is 1.79 bits per heavy atom. The van der Waals surface area contributed by atoms with Crippen LogP contribution >= 0.6 is 23.7 Å². The Kier molecular flexibility index (Phi) is 16.7. The molecule has 9 nitrogen and oxygen atoms in total. The highest BCUT2D eigenvalue weighted by Crippen LogP contribution is 2.20. The van der Waals surface area contributed by atoms with Crippen LogP contribution in [0.5, 0.6) is 0 Å². The summed E-state index contributed by atoms with van der Waals surface area (Å²) in [6.07, 6.45) is 3.58. The average molecular weight is 516 g/mol. The molecule has 3 amide bonds. The number of carbonyl (C=O) groups excluding carboxylic acids is 2. The van der Waals surface area contributed by atoms with Crippen LogP contribution in [-0.4, -0.2) is 55.3 Å². The number of carbonyl (C=O) groups is 2. The topological polar surface area (TPSA) is 141 Å². The summed E-state index contributed by atoms with van der Waals surface area (Å²) in [7, 11) is 0. The van der Waals surface area contributed by atoms with Gasteiger partial charge in [0.1, 0.15) is 0 Å². The highest BCUT2D eigenvalue weighted by atomic mass is 32.2. The molecule has 3 rings (SSSR count). The lowest BCUT2D eigenvalue weighted by atomic mass is 10.1. The first-order valence-electron chi connectivity index (χ1n) is 11.7. The lowest BCUT2D eigenvalue weighted by molar-refractivity contribution is -0.294. The highest BCUT2D eigenvalue weighted by molar-refractivity contribution is 7.99. The SMILES string of the molecule is CCCCC(=O)NCCOOCCC(C)C.NSc1ccc(N)cc1.O=C1N[C@H]2CSC[C@H]2N1. The van der Waals surface area contributed by atoms with Gasteiger partial charge in [0.25, 0.3) is 0 Å². The molecule has 0 spiro atoms. The van der Waals surface area contributed by atoms with Gasteiger partial charge >= 0.3 is 6.03 Å². The molecule has 0 saturated carbocycles. The minimum atomic E-state index is 0.00491. The molecule has 1 aromatic rings. The molecule has 194 valence electrons. The number of hydrogen-bond donors (Lipinski definition) is 5. The van der Waals surface area contributed by atoms with E-state index < -0.39 is 0 Å². The zero-order valence-corrected chi connectivity index (χ0v) is 22.1.